The molecule has 5 aliphatic heterocycles. The molecule has 4 aromatic heterocycles. The van der Waals surface area contributed by atoms with Gasteiger partial charge in [-0.15, -0.1) is 0 Å². The Labute approximate surface area is 266 Å². The van der Waals surface area contributed by atoms with Gasteiger partial charge in [-0.05, 0) is 49.4 Å². The van der Waals surface area contributed by atoms with Crippen LogP contribution in [0.25, 0.3) is 16.6 Å². The fourth-order valence-corrected chi connectivity index (χ4v) is 7.37. The highest BCUT2D eigenvalue weighted by Gasteiger charge is 2.48. The highest BCUT2D eigenvalue weighted by Crippen LogP contribution is 2.37. The summed E-state index contributed by atoms with van der Waals surface area (Å²) in [6.07, 6.45) is 10.1. The van der Waals surface area contributed by atoms with Gasteiger partial charge >= 0.3 is 0 Å². The molecule has 13 nitrogen and oxygen atoms in total. The molecular formula is C33H37N9O4. The van der Waals surface area contributed by atoms with E-state index in [9.17, 15) is 10.1 Å². The van der Waals surface area contributed by atoms with E-state index < -0.39 is 0 Å². The van der Waals surface area contributed by atoms with Crippen LogP contribution in [0.2, 0.25) is 0 Å². The van der Waals surface area contributed by atoms with E-state index in [0.29, 0.717) is 42.7 Å². The standard InChI is InChI=1S/C33H37N9O4/c1-44-9-7-40-6-4-29(38-40)32(43)42-25-10-26(42)17-39(16-25)30-3-2-23(14-36-30)28-11-27(18-41-31(28)24(13-34)15-37-41)45-8-5-22-12-33(46-19-22)20-35-21-33/h2-4,6,11,14-15,18,22,25-26,35H,5,7-10,12,16-17,19-21H2,1H3. The van der Waals surface area contributed by atoms with Gasteiger partial charge in [0.25, 0.3) is 5.91 Å². The van der Waals surface area contributed by atoms with Crippen molar-refractivity contribution in [1.82, 2.24) is 34.6 Å². The summed E-state index contributed by atoms with van der Waals surface area (Å²) >= 11 is 0. The third kappa shape index (κ3) is 5.16. The van der Waals surface area contributed by atoms with Crippen molar-refractivity contribution in [2.24, 2.45) is 5.92 Å². The van der Waals surface area contributed by atoms with Crippen molar-refractivity contribution < 1.29 is 19.0 Å². The Bertz CT molecular complexity index is 1780. The van der Waals surface area contributed by atoms with Crippen molar-refractivity contribution in [3.8, 4) is 22.9 Å². The van der Waals surface area contributed by atoms with Gasteiger partial charge < -0.3 is 29.3 Å². The van der Waals surface area contributed by atoms with E-state index in [0.717, 1.165) is 74.5 Å². The van der Waals surface area contributed by atoms with Crippen LogP contribution in [0.4, 0.5) is 5.82 Å². The second-order valence-electron chi connectivity index (χ2n) is 12.9. The Morgan fingerprint density at radius 1 is 1.20 bits per heavy atom. The Morgan fingerprint density at radius 2 is 2.07 bits per heavy atom. The first-order valence-corrected chi connectivity index (χ1v) is 16.0. The molecule has 0 radical (unpaired) electrons. The van der Waals surface area contributed by atoms with Crippen LogP contribution in [0.1, 0.15) is 35.3 Å². The van der Waals surface area contributed by atoms with Crippen LogP contribution in [0.15, 0.2) is 49.1 Å². The molecule has 46 heavy (non-hydrogen) atoms. The van der Waals surface area contributed by atoms with Crippen LogP contribution in [0, 0.1) is 17.2 Å². The number of rotatable bonds is 10. The van der Waals surface area contributed by atoms with Gasteiger partial charge in [-0.3, -0.25) is 9.48 Å². The Morgan fingerprint density at radius 3 is 2.78 bits per heavy atom. The van der Waals surface area contributed by atoms with Gasteiger partial charge in [0.05, 0.1) is 67.5 Å². The number of piperidine rings is 1. The fraction of sp³-hybridized carbons (Fsp3) is 0.485. The highest BCUT2D eigenvalue weighted by molar-refractivity contribution is 5.93. The first-order chi connectivity index (χ1) is 22.5. The molecule has 5 aliphatic rings. The van der Waals surface area contributed by atoms with Gasteiger partial charge in [0.15, 0.2) is 0 Å². The zero-order valence-corrected chi connectivity index (χ0v) is 25.8. The maximum absolute atomic E-state index is 13.2. The normalized spacial score (nSPS) is 22.9. The van der Waals surface area contributed by atoms with E-state index in [2.05, 4.69) is 26.5 Å². The molecule has 1 amide bonds. The number of hydrogen-bond acceptors (Lipinski definition) is 10. The number of carbonyl (C=O) groups excluding carboxylic acids is 1. The minimum Gasteiger partial charge on any atom is -0.492 e. The number of piperazine rings is 1. The summed E-state index contributed by atoms with van der Waals surface area (Å²) in [6.45, 7) is 5.85. The molecule has 5 fully saturated rings. The number of methoxy groups -OCH3 is 1. The zero-order chi connectivity index (χ0) is 31.3. The van der Waals surface area contributed by atoms with Gasteiger partial charge in [-0.2, -0.15) is 15.5 Å². The molecule has 1 spiro atoms. The number of fused-ring (bicyclic) bond motifs is 3. The van der Waals surface area contributed by atoms with Crippen LogP contribution in [0.3, 0.4) is 0 Å². The summed E-state index contributed by atoms with van der Waals surface area (Å²) in [5.41, 5.74) is 3.46. The average molecular weight is 624 g/mol. The third-order valence-corrected chi connectivity index (χ3v) is 9.88. The van der Waals surface area contributed by atoms with Crippen LogP contribution in [-0.2, 0) is 16.0 Å². The summed E-state index contributed by atoms with van der Waals surface area (Å²) in [7, 11) is 1.65. The lowest BCUT2D eigenvalue weighted by Gasteiger charge is -2.56. The molecule has 9 rings (SSSR count). The first kappa shape index (κ1) is 28.9. The summed E-state index contributed by atoms with van der Waals surface area (Å²) in [6, 6.07) is 10.3. The second kappa shape index (κ2) is 11.7. The van der Waals surface area contributed by atoms with Gasteiger partial charge in [0.1, 0.15) is 23.3 Å². The van der Waals surface area contributed by atoms with Crippen molar-refractivity contribution >= 4 is 17.2 Å². The molecule has 5 saturated heterocycles. The molecule has 238 valence electrons. The molecule has 0 saturated carbocycles. The van der Waals surface area contributed by atoms with E-state index >= 15 is 0 Å². The lowest BCUT2D eigenvalue weighted by molar-refractivity contribution is -0.0363. The second-order valence-corrected chi connectivity index (χ2v) is 12.9. The van der Waals surface area contributed by atoms with Crippen LogP contribution in [0.5, 0.6) is 5.75 Å². The monoisotopic (exact) mass is 623 g/mol. The molecule has 4 aromatic rings. The fourth-order valence-electron chi connectivity index (χ4n) is 7.37. The number of pyridine rings is 2. The summed E-state index contributed by atoms with van der Waals surface area (Å²) in [5, 5.41) is 22.0. The number of aromatic nitrogens is 5. The van der Waals surface area contributed by atoms with Gasteiger partial charge in [0.2, 0.25) is 0 Å². The molecule has 0 aromatic carbocycles. The smallest absolute Gasteiger partial charge is 0.274 e. The lowest BCUT2D eigenvalue weighted by Crippen LogP contribution is -2.70. The van der Waals surface area contributed by atoms with Crippen molar-refractivity contribution in [3.05, 3.63) is 60.3 Å². The number of carbonyl (C=O) groups is 1. The van der Waals surface area contributed by atoms with E-state index in [4.69, 9.17) is 19.2 Å². The number of anilines is 1. The van der Waals surface area contributed by atoms with Crippen LogP contribution >= 0.6 is 0 Å². The van der Waals surface area contributed by atoms with Crippen LogP contribution in [-0.4, -0.2) is 106 Å². The Balaban J connectivity index is 0.945. The van der Waals surface area contributed by atoms with E-state index in [1.165, 1.54) is 0 Å². The average Bonchev–Trinajstić information content (AvgIpc) is 3.82. The zero-order valence-electron chi connectivity index (χ0n) is 25.8. The van der Waals surface area contributed by atoms with E-state index in [1.807, 2.05) is 41.7 Å². The molecular weight excluding hydrogens is 586 g/mol. The Kier molecular flexibility index (Phi) is 7.35. The van der Waals surface area contributed by atoms with Crippen LogP contribution < -0.4 is 15.0 Å². The van der Waals surface area contributed by atoms with Gasteiger partial charge in [0, 0.05) is 56.8 Å². The molecule has 9 heterocycles. The number of ether oxygens (including phenoxy) is 3. The van der Waals surface area contributed by atoms with Gasteiger partial charge in [-0.1, -0.05) is 0 Å². The van der Waals surface area contributed by atoms with E-state index in [-0.39, 0.29) is 23.6 Å². The molecule has 1 N–H and O–H groups in total. The van der Waals surface area contributed by atoms with Crippen molar-refractivity contribution in [1.29, 1.82) is 5.26 Å². The number of hydrogen-bond donors (Lipinski definition) is 1. The number of amides is 1. The quantitative estimate of drug-likeness (QED) is 0.281. The minimum absolute atomic E-state index is 0.0169. The summed E-state index contributed by atoms with van der Waals surface area (Å²) < 4.78 is 20.9. The summed E-state index contributed by atoms with van der Waals surface area (Å²) in [5.74, 6) is 2.04. The maximum atomic E-state index is 13.2. The minimum atomic E-state index is -0.0169. The molecule has 3 atom stereocenters. The van der Waals surface area contributed by atoms with Gasteiger partial charge in [-0.25, -0.2) is 9.50 Å². The first-order valence-electron chi connectivity index (χ1n) is 16.0. The summed E-state index contributed by atoms with van der Waals surface area (Å²) in [4.78, 5) is 22.3. The van der Waals surface area contributed by atoms with E-state index in [1.54, 1.807) is 28.6 Å². The maximum Gasteiger partial charge on any atom is 0.274 e. The van der Waals surface area contributed by atoms with Crippen molar-refractivity contribution in [2.75, 3.05) is 58.0 Å². The topological polar surface area (TPSA) is 135 Å². The number of nitrogens with one attached hydrogen (secondary N) is 1. The molecule has 13 heteroatoms. The third-order valence-electron chi connectivity index (χ3n) is 9.88. The predicted octanol–water partition coefficient (Wildman–Crippen LogP) is 2.36. The Hall–Kier alpha value is -4.51. The lowest BCUT2D eigenvalue weighted by atomic mass is 9.87. The SMILES string of the molecule is COCCn1ccc(C(=O)N2C3CC2CN(c2ccc(-c4cc(OCCC5COC6(CNC6)C5)cn5ncc(C#N)c45)cn2)C3)n1. The number of nitriles is 1. The molecule has 2 bridgehead atoms. The predicted molar refractivity (Wildman–Crippen MR) is 168 cm³/mol. The van der Waals surface area contributed by atoms with Crippen molar-refractivity contribution in [2.45, 2.75) is 43.5 Å². The van der Waals surface area contributed by atoms with Crippen molar-refractivity contribution in [3.63, 3.8) is 0 Å². The molecule has 0 aliphatic carbocycles. The molecule has 3 unspecified atom stereocenters. The largest absolute Gasteiger partial charge is 0.492 e. The highest BCUT2D eigenvalue weighted by atomic mass is 16.5. The number of nitrogens with zero attached hydrogens (tertiary/aromatic N) is 8.